The van der Waals surface area contributed by atoms with Crippen LogP contribution in [-0.2, 0) is 4.79 Å². The Morgan fingerprint density at radius 3 is 3.08 bits per heavy atom. The van der Waals surface area contributed by atoms with E-state index in [1.807, 2.05) is 24.3 Å². The maximum atomic E-state index is 13.5. The SMILES string of the molecule is O=C1CSc2cc(OCCN3CCCC3c3cccc(F)c3)ccc2N1. The molecule has 1 unspecified atom stereocenters. The van der Waals surface area contributed by atoms with E-state index in [9.17, 15) is 9.18 Å². The van der Waals surface area contributed by atoms with E-state index < -0.39 is 0 Å². The molecule has 2 aliphatic rings. The van der Waals surface area contributed by atoms with Gasteiger partial charge in [0, 0.05) is 17.5 Å². The molecule has 1 atom stereocenters. The molecule has 0 bridgehead atoms. The summed E-state index contributed by atoms with van der Waals surface area (Å²) in [5, 5.41) is 2.86. The van der Waals surface area contributed by atoms with Crippen LogP contribution in [-0.4, -0.2) is 36.3 Å². The minimum Gasteiger partial charge on any atom is -0.492 e. The van der Waals surface area contributed by atoms with Crippen LogP contribution in [0.4, 0.5) is 10.1 Å². The van der Waals surface area contributed by atoms with Crippen molar-refractivity contribution in [1.29, 1.82) is 0 Å². The van der Waals surface area contributed by atoms with E-state index in [0.29, 0.717) is 12.4 Å². The molecule has 4 rings (SSSR count). The fourth-order valence-electron chi connectivity index (χ4n) is 3.61. The molecule has 2 aliphatic heterocycles. The fraction of sp³-hybridized carbons (Fsp3) is 0.350. The zero-order chi connectivity index (χ0) is 17.9. The largest absolute Gasteiger partial charge is 0.492 e. The third-order valence-electron chi connectivity index (χ3n) is 4.83. The molecule has 4 nitrogen and oxygen atoms in total. The number of nitrogens with one attached hydrogen (secondary N) is 1. The van der Waals surface area contributed by atoms with Crippen molar-refractivity contribution in [3.8, 4) is 5.75 Å². The molecule has 0 aliphatic carbocycles. The lowest BCUT2D eigenvalue weighted by Gasteiger charge is -2.25. The van der Waals surface area contributed by atoms with Crippen molar-refractivity contribution in [2.24, 2.45) is 0 Å². The minimum absolute atomic E-state index is 0.0357. The van der Waals surface area contributed by atoms with E-state index in [4.69, 9.17) is 4.74 Å². The van der Waals surface area contributed by atoms with Crippen molar-refractivity contribution in [3.05, 3.63) is 53.8 Å². The van der Waals surface area contributed by atoms with Gasteiger partial charge in [0.1, 0.15) is 18.2 Å². The van der Waals surface area contributed by atoms with Gasteiger partial charge in [0.05, 0.1) is 11.4 Å². The number of rotatable bonds is 5. The summed E-state index contributed by atoms with van der Waals surface area (Å²) < 4.78 is 19.4. The summed E-state index contributed by atoms with van der Waals surface area (Å²) in [6.45, 7) is 2.40. The molecule has 1 fully saturated rings. The van der Waals surface area contributed by atoms with Crippen molar-refractivity contribution in [2.45, 2.75) is 23.8 Å². The molecule has 2 aromatic carbocycles. The van der Waals surface area contributed by atoms with Gasteiger partial charge in [-0.25, -0.2) is 4.39 Å². The second-order valence-electron chi connectivity index (χ2n) is 6.59. The van der Waals surface area contributed by atoms with Crippen LogP contribution in [0.5, 0.6) is 5.75 Å². The van der Waals surface area contributed by atoms with Crippen molar-refractivity contribution in [1.82, 2.24) is 4.90 Å². The molecular weight excluding hydrogens is 351 g/mol. The van der Waals surface area contributed by atoms with E-state index in [1.165, 1.54) is 17.8 Å². The van der Waals surface area contributed by atoms with Gasteiger partial charge in [0.15, 0.2) is 0 Å². The van der Waals surface area contributed by atoms with Crippen LogP contribution in [0.25, 0.3) is 0 Å². The van der Waals surface area contributed by atoms with Crippen molar-refractivity contribution in [3.63, 3.8) is 0 Å². The first-order chi connectivity index (χ1) is 12.7. The van der Waals surface area contributed by atoms with Crippen LogP contribution in [0.15, 0.2) is 47.4 Å². The highest BCUT2D eigenvalue weighted by atomic mass is 32.2. The zero-order valence-electron chi connectivity index (χ0n) is 14.4. The van der Waals surface area contributed by atoms with Crippen LogP contribution >= 0.6 is 11.8 Å². The molecule has 1 saturated heterocycles. The Kier molecular flexibility index (Phi) is 5.13. The summed E-state index contributed by atoms with van der Waals surface area (Å²) in [4.78, 5) is 14.8. The van der Waals surface area contributed by atoms with E-state index in [2.05, 4.69) is 10.2 Å². The smallest absolute Gasteiger partial charge is 0.234 e. The molecule has 1 N–H and O–H groups in total. The van der Waals surface area contributed by atoms with Crippen molar-refractivity contribution < 1.29 is 13.9 Å². The van der Waals surface area contributed by atoms with Crippen LogP contribution in [0.2, 0.25) is 0 Å². The van der Waals surface area contributed by atoms with Gasteiger partial charge in [-0.2, -0.15) is 0 Å². The van der Waals surface area contributed by atoms with Gasteiger partial charge in [-0.15, -0.1) is 11.8 Å². The number of anilines is 1. The molecule has 0 radical (unpaired) electrons. The lowest BCUT2D eigenvalue weighted by Crippen LogP contribution is -2.28. The molecule has 2 aromatic rings. The Bertz CT molecular complexity index is 814. The molecule has 1 amide bonds. The van der Waals surface area contributed by atoms with Crippen LogP contribution in [0.3, 0.4) is 0 Å². The number of carbonyl (C=O) groups excluding carboxylic acids is 1. The normalized spacial score (nSPS) is 19.9. The van der Waals surface area contributed by atoms with E-state index in [0.717, 1.165) is 47.8 Å². The van der Waals surface area contributed by atoms with Gasteiger partial charge in [0.2, 0.25) is 5.91 Å². The van der Waals surface area contributed by atoms with Crippen LogP contribution < -0.4 is 10.1 Å². The number of likely N-dealkylation sites (tertiary alicyclic amines) is 1. The summed E-state index contributed by atoms with van der Waals surface area (Å²) in [6.07, 6.45) is 2.18. The number of hydrogen-bond acceptors (Lipinski definition) is 4. The molecule has 2 heterocycles. The second kappa shape index (κ2) is 7.68. The molecule has 0 saturated carbocycles. The van der Waals surface area contributed by atoms with E-state index >= 15 is 0 Å². The number of carbonyl (C=O) groups is 1. The Labute approximate surface area is 156 Å². The molecule has 26 heavy (non-hydrogen) atoms. The number of fused-ring (bicyclic) bond motifs is 1. The topological polar surface area (TPSA) is 41.6 Å². The number of amides is 1. The third kappa shape index (κ3) is 3.86. The summed E-state index contributed by atoms with van der Waals surface area (Å²) >= 11 is 1.53. The standard InChI is InChI=1S/C20H21FN2O2S/c21-15-4-1-3-14(11-15)18-5-2-8-23(18)9-10-25-16-6-7-17-19(12-16)26-13-20(24)22-17/h1,3-4,6-7,11-12,18H,2,5,8-10,13H2,(H,22,24). The highest BCUT2D eigenvalue weighted by molar-refractivity contribution is 8.00. The number of hydrogen-bond donors (Lipinski definition) is 1. The Morgan fingerprint density at radius 1 is 1.27 bits per heavy atom. The number of halogens is 1. The summed E-state index contributed by atoms with van der Waals surface area (Å²) in [7, 11) is 0. The second-order valence-corrected chi connectivity index (χ2v) is 7.61. The van der Waals surface area contributed by atoms with Gasteiger partial charge >= 0.3 is 0 Å². The van der Waals surface area contributed by atoms with Crippen LogP contribution in [0.1, 0.15) is 24.4 Å². The average Bonchev–Trinajstić information content (AvgIpc) is 3.10. The van der Waals surface area contributed by atoms with Crippen LogP contribution in [0, 0.1) is 5.82 Å². The molecule has 0 spiro atoms. The van der Waals surface area contributed by atoms with Crippen molar-refractivity contribution >= 4 is 23.4 Å². The monoisotopic (exact) mass is 372 g/mol. The molecule has 0 aromatic heterocycles. The summed E-state index contributed by atoms with van der Waals surface area (Å²) in [5.41, 5.74) is 1.90. The Balaban J connectivity index is 1.35. The van der Waals surface area contributed by atoms with Gasteiger partial charge in [-0.3, -0.25) is 9.69 Å². The number of thioether (sulfide) groups is 1. The van der Waals surface area contributed by atoms with E-state index in [1.54, 1.807) is 12.1 Å². The van der Waals surface area contributed by atoms with Gasteiger partial charge in [0.25, 0.3) is 0 Å². The number of ether oxygens (including phenoxy) is 1. The average molecular weight is 372 g/mol. The first-order valence-electron chi connectivity index (χ1n) is 8.88. The third-order valence-corrected chi connectivity index (χ3v) is 5.89. The molecule has 136 valence electrons. The fourth-order valence-corrected chi connectivity index (χ4v) is 4.44. The van der Waals surface area contributed by atoms with E-state index in [-0.39, 0.29) is 17.8 Å². The quantitative estimate of drug-likeness (QED) is 0.859. The summed E-state index contributed by atoms with van der Waals surface area (Å²) in [5.74, 6) is 1.12. The summed E-state index contributed by atoms with van der Waals surface area (Å²) in [6, 6.07) is 12.9. The zero-order valence-corrected chi connectivity index (χ0v) is 15.2. The first-order valence-corrected chi connectivity index (χ1v) is 9.86. The molecular formula is C20H21FN2O2S. The van der Waals surface area contributed by atoms with Gasteiger partial charge in [-0.1, -0.05) is 12.1 Å². The van der Waals surface area contributed by atoms with Crippen molar-refractivity contribution in [2.75, 3.05) is 30.8 Å². The Morgan fingerprint density at radius 2 is 2.19 bits per heavy atom. The predicted molar refractivity (Wildman–Crippen MR) is 101 cm³/mol. The lowest BCUT2D eigenvalue weighted by atomic mass is 10.0. The first kappa shape index (κ1) is 17.4. The molecule has 6 heteroatoms. The highest BCUT2D eigenvalue weighted by Gasteiger charge is 2.26. The Hall–Kier alpha value is -2.05. The maximum Gasteiger partial charge on any atom is 0.234 e. The highest BCUT2D eigenvalue weighted by Crippen LogP contribution is 2.35. The lowest BCUT2D eigenvalue weighted by molar-refractivity contribution is -0.113. The number of nitrogens with zero attached hydrogens (tertiary/aromatic N) is 1. The minimum atomic E-state index is -0.177. The maximum absolute atomic E-state index is 13.5. The number of benzene rings is 2. The predicted octanol–water partition coefficient (Wildman–Crippen LogP) is 4.09. The van der Waals surface area contributed by atoms with Gasteiger partial charge in [-0.05, 0) is 55.3 Å². The van der Waals surface area contributed by atoms with Gasteiger partial charge < -0.3 is 10.1 Å².